The van der Waals surface area contributed by atoms with Crippen molar-refractivity contribution >= 4 is 0 Å². The van der Waals surface area contributed by atoms with Gasteiger partial charge >= 0.3 is 6.36 Å². The van der Waals surface area contributed by atoms with Crippen molar-refractivity contribution in [3.05, 3.63) is 41.6 Å². The van der Waals surface area contributed by atoms with Gasteiger partial charge in [-0.15, -0.1) is 13.2 Å². The first-order valence-corrected chi connectivity index (χ1v) is 8.37. The molecule has 25 heavy (non-hydrogen) atoms. The lowest BCUT2D eigenvalue weighted by molar-refractivity contribution is -0.274. The van der Waals surface area contributed by atoms with Crippen LogP contribution >= 0.6 is 0 Å². The summed E-state index contributed by atoms with van der Waals surface area (Å²) in [5.41, 5.74) is 2.88. The monoisotopic (exact) mass is 348 g/mol. The molecule has 2 aliphatic rings. The molecule has 2 aliphatic carbocycles. The summed E-state index contributed by atoms with van der Waals surface area (Å²) in [6.45, 7) is 6.70. The van der Waals surface area contributed by atoms with Crippen molar-refractivity contribution in [2.45, 2.75) is 51.3 Å². The molecule has 2 bridgehead atoms. The van der Waals surface area contributed by atoms with Crippen molar-refractivity contribution in [1.29, 1.82) is 0 Å². The summed E-state index contributed by atoms with van der Waals surface area (Å²) in [4.78, 5) is 0. The number of hydrogen-bond acceptors (Lipinski definition) is 3. The first-order valence-electron chi connectivity index (χ1n) is 8.37. The molecule has 1 saturated carbocycles. The van der Waals surface area contributed by atoms with Crippen LogP contribution in [0.2, 0.25) is 0 Å². The molecule has 0 unspecified atom stereocenters. The highest BCUT2D eigenvalue weighted by atomic mass is 19.4. The zero-order chi connectivity index (χ0) is 18.0. The number of fused-ring (bicyclic) bond motifs is 5. The van der Waals surface area contributed by atoms with Crippen LogP contribution < -0.4 is 4.74 Å². The Kier molecular flexibility index (Phi) is 3.25. The Morgan fingerprint density at radius 3 is 2.56 bits per heavy atom. The zero-order valence-corrected chi connectivity index (χ0v) is 14.3. The highest BCUT2D eigenvalue weighted by Gasteiger charge is 2.60. The molecule has 2 aromatic rings. The van der Waals surface area contributed by atoms with Gasteiger partial charge in [0.25, 0.3) is 0 Å². The SMILES string of the molecule is CC1(C)[C@H]2CC[C@]1(C)c1nnc(-c3ccccc3OC(F)(F)F)cc12. The Balaban J connectivity index is 1.81. The molecule has 0 aliphatic heterocycles. The van der Waals surface area contributed by atoms with Crippen molar-refractivity contribution in [2.75, 3.05) is 0 Å². The Morgan fingerprint density at radius 2 is 1.84 bits per heavy atom. The maximum Gasteiger partial charge on any atom is 0.573 e. The lowest BCUT2D eigenvalue weighted by Crippen LogP contribution is -2.32. The lowest BCUT2D eigenvalue weighted by atomic mass is 9.70. The van der Waals surface area contributed by atoms with Gasteiger partial charge in [-0.1, -0.05) is 32.9 Å². The van der Waals surface area contributed by atoms with Crippen LogP contribution in [0.25, 0.3) is 11.3 Å². The van der Waals surface area contributed by atoms with Crippen molar-refractivity contribution in [3.63, 3.8) is 0 Å². The smallest absolute Gasteiger partial charge is 0.405 e. The molecule has 1 aromatic heterocycles. The fraction of sp³-hybridized carbons (Fsp3) is 0.474. The molecule has 132 valence electrons. The van der Waals surface area contributed by atoms with Crippen LogP contribution in [0.4, 0.5) is 13.2 Å². The molecule has 2 atom stereocenters. The van der Waals surface area contributed by atoms with E-state index in [-0.39, 0.29) is 16.6 Å². The van der Waals surface area contributed by atoms with E-state index in [1.165, 1.54) is 12.1 Å². The van der Waals surface area contributed by atoms with E-state index in [0.29, 0.717) is 17.2 Å². The Hall–Kier alpha value is -2.11. The molecule has 0 saturated heterocycles. The third-order valence-electron chi connectivity index (χ3n) is 6.34. The van der Waals surface area contributed by atoms with Gasteiger partial charge in [-0.2, -0.15) is 10.2 Å². The highest BCUT2D eigenvalue weighted by Crippen LogP contribution is 2.67. The molecule has 1 fully saturated rings. The number of ether oxygens (including phenoxy) is 1. The second kappa shape index (κ2) is 4.96. The van der Waals surface area contributed by atoms with Gasteiger partial charge in [0, 0.05) is 11.0 Å². The maximum atomic E-state index is 12.7. The maximum absolute atomic E-state index is 12.7. The topological polar surface area (TPSA) is 35.0 Å². The number of rotatable bonds is 2. The molecule has 3 nitrogen and oxygen atoms in total. The van der Waals surface area contributed by atoms with Gasteiger partial charge in [-0.3, -0.25) is 0 Å². The van der Waals surface area contributed by atoms with E-state index >= 15 is 0 Å². The van der Waals surface area contributed by atoms with Crippen LogP contribution in [-0.2, 0) is 5.41 Å². The van der Waals surface area contributed by atoms with Crippen LogP contribution in [0.15, 0.2) is 30.3 Å². The molecule has 0 N–H and O–H groups in total. The van der Waals surface area contributed by atoms with E-state index < -0.39 is 6.36 Å². The molecular weight excluding hydrogens is 329 g/mol. The largest absolute Gasteiger partial charge is 0.573 e. The van der Waals surface area contributed by atoms with Crippen molar-refractivity contribution in [3.8, 4) is 17.0 Å². The average Bonchev–Trinajstić information content (AvgIpc) is 2.85. The molecule has 1 aromatic carbocycles. The zero-order valence-electron chi connectivity index (χ0n) is 14.3. The van der Waals surface area contributed by atoms with Crippen LogP contribution in [0.1, 0.15) is 50.8 Å². The number of alkyl halides is 3. The third-order valence-corrected chi connectivity index (χ3v) is 6.34. The minimum Gasteiger partial charge on any atom is -0.405 e. The average molecular weight is 348 g/mol. The van der Waals surface area contributed by atoms with Crippen molar-refractivity contribution in [2.24, 2.45) is 5.41 Å². The number of para-hydroxylation sites is 1. The Morgan fingerprint density at radius 1 is 1.12 bits per heavy atom. The van der Waals surface area contributed by atoms with E-state index in [9.17, 15) is 13.2 Å². The van der Waals surface area contributed by atoms with Crippen molar-refractivity contribution in [1.82, 2.24) is 10.2 Å². The molecule has 0 amide bonds. The number of halogens is 3. The fourth-order valence-electron chi connectivity index (χ4n) is 4.59. The standard InChI is InChI=1S/C19H19F3N2O/c1-17(2)13-8-9-18(17,3)16-12(13)10-14(23-24-16)11-6-4-5-7-15(11)25-19(20,21)22/h4-7,10,13H,8-9H2,1-3H3/t13-,18+/m0/s1. The molecule has 4 rings (SSSR count). The van der Waals surface area contributed by atoms with Gasteiger partial charge in [-0.25, -0.2) is 0 Å². The van der Waals surface area contributed by atoms with Crippen molar-refractivity contribution < 1.29 is 17.9 Å². The Labute approximate surface area is 144 Å². The lowest BCUT2D eigenvalue weighted by Gasteiger charge is -2.33. The first kappa shape index (κ1) is 16.4. The summed E-state index contributed by atoms with van der Waals surface area (Å²) in [6, 6.07) is 7.97. The molecule has 1 heterocycles. The highest BCUT2D eigenvalue weighted by molar-refractivity contribution is 5.68. The number of benzene rings is 1. The second-order valence-corrected chi connectivity index (χ2v) is 7.72. The van der Waals surface area contributed by atoms with Gasteiger partial charge < -0.3 is 4.74 Å². The Bertz CT molecular complexity index is 847. The quantitative estimate of drug-likeness (QED) is 0.746. The van der Waals surface area contributed by atoms with Gasteiger partial charge in [0.05, 0.1) is 11.4 Å². The summed E-state index contributed by atoms with van der Waals surface area (Å²) < 4.78 is 42.2. The van der Waals surface area contributed by atoms with Crippen LogP contribution in [0.5, 0.6) is 5.75 Å². The van der Waals surface area contributed by atoms with E-state index in [1.54, 1.807) is 12.1 Å². The van der Waals surface area contributed by atoms with Gasteiger partial charge in [0.15, 0.2) is 0 Å². The normalized spacial score (nSPS) is 26.6. The van der Waals surface area contributed by atoms with E-state index in [4.69, 9.17) is 0 Å². The summed E-state index contributed by atoms with van der Waals surface area (Å²) in [7, 11) is 0. The third kappa shape index (κ3) is 2.26. The minimum absolute atomic E-state index is 0.0273. The van der Waals surface area contributed by atoms with Gasteiger partial charge in [0.1, 0.15) is 5.75 Å². The molecule has 6 heteroatoms. The van der Waals surface area contributed by atoms with E-state index in [2.05, 4.69) is 35.7 Å². The van der Waals surface area contributed by atoms with Crippen LogP contribution in [-0.4, -0.2) is 16.6 Å². The van der Waals surface area contributed by atoms with Crippen LogP contribution in [0, 0.1) is 5.41 Å². The second-order valence-electron chi connectivity index (χ2n) is 7.72. The number of hydrogen-bond donors (Lipinski definition) is 0. The number of nitrogens with zero attached hydrogens (tertiary/aromatic N) is 2. The molecular formula is C19H19F3N2O. The summed E-state index contributed by atoms with van der Waals surface area (Å²) in [6.07, 6.45) is -2.60. The predicted molar refractivity (Wildman–Crippen MR) is 87.3 cm³/mol. The van der Waals surface area contributed by atoms with Gasteiger partial charge in [0.2, 0.25) is 0 Å². The number of aromatic nitrogens is 2. The summed E-state index contributed by atoms with van der Waals surface area (Å²) in [5, 5.41) is 8.68. The molecule has 0 radical (unpaired) electrons. The first-order chi connectivity index (χ1) is 11.6. The van der Waals surface area contributed by atoms with E-state index in [0.717, 1.165) is 24.1 Å². The minimum atomic E-state index is -4.74. The predicted octanol–water partition coefficient (Wildman–Crippen LogP) is 5.22. The summed E-state index contributed by atoms with van der Waals surface area (Å²) in [5.74, 6) is 0.107. The van der Waals surface area contributed by atoms with E-state index in [1.807, 2.05) is 6.07 Å². The van der Waals surface area contributed by atoms with Crippen LogP contribution in [0.3, 0.4) is 0 Å². The molecule has 0 spiro atoms. The summed E-state index contributed by atoms with van der Waals surface area (Å²) >= 11 is 0. The fourth-order valence-corrected chi connectivity index (χ4v) is 4.59. The van der Waals surface area contributed by atoms with Gasteiger partial charge in [-0.05, 0) is 47.9 Å².